The summed E-state index contributed by atoms with van der Waals surface area (Å²) in [6.07, 6.45) is -0.0666. The first-order valence-electron chi connectivity index (χ1n) is 7.61. The molecule has 3 heterocycles. The van der Waals surface area contributed by atoms with Crippen LogP contribution in [-0.4, -0.2) is 16.6 Å². The lowest BCUT2D eigenvalue weighted by Gasteiger charge is -2.29. The number of para-hydroxylation sites is 1. The lowest BCUT2D eigenvalue weighted by molar-refractivity contribution is 0.174. The SMILES string of the molecule is Cc1cc2n(n1)[C@@H](c1ccc3c(c1)OCO3)Nc1ccccc1-2. The van der Waals surface area contributed by atoms with Gasteiger partial charge in [0.15, 0.2) is 11.5 Å². The smallest absolute Gasteiger partial charge is 0.231 e. The quantitative estimate of drug-likeness (QED) is 0.747. The van der Waals surface area contributed by atoms with E-state index in [0.717, 1.165) is 34.1 Å². The fourth-order valence-corrected chi connectivity index (χ4v) is 3.26. The Balaban J connectivity index is 1.67. The molecule has 0 amide bonds. The van der Waals surface area contributed by atoms with Gasteiger partial charge in [-0.2, -0.15) is 5.10 Å². The summed E-state index contributed by atoms with van der Waals surface area (Å²) >= 11 is 0. The van der Waals surface area contributed by atoms with Crippen LogP contribution in [0.15, 0.2) is 48.5 Å². The second-order valence-corrected chi connectivity index (χ2v) is 5.82. The van der Waals surface area contributed by atoms with Gasteiger partial charge in [-0.1, -0.05) is 24.3 Å². The Morgan fingerprint density at radius 3 is 2.91 bits per heavy atom. The zero-order valence-corrected chi connectivity index (χ0v) is 12.6. The number of fused-ring (bicyclic) bond motifs is 4. The summed E-state index contributed by atoms with van der Waals surface area (Å²) in [7, 11) is 0. The van der Waals surface area contributed by atoms with Gasteiger partial charge in [-0.15, -0.1) is 0 Å². The van der Waals surface area contributed by atoms with Crippen molar-refractivity contribution in [1.29, 1.82) is 0 Å². The van der Waals surface area contributed by atoms with Gasteiger partial charge < -0.3 is 14.8 Å². The highest BCUT2D eigenvalue weighted by molar-refractivity contribution is 5.78. The molecular weight excluding hydrogens is 290 g/mol. The van der Waals surface area contributed by atoms with Crippen molar-refractivity contribution in [3.05, 3.63) is 59.8 Å². The van der Waals surface area contributed by atoms with Crippen LogP contribution in [0.4, 0.5) is 5.69 Å². The molecule has 5 rings (SSSR count). The fourth-order valence-electron chi connectivity index (χ4n) is 3.26. The Labute approximate surface area is 133 Å². The maximum Gasteiger partial charge on any atom is 0.231 e. The Morgan fingerprint density at radius 1 is 1.09 bits per heavy atom. The molecule has 0 saturated heterocycles. The lowest BCUT2D eigenvalue weighted by atomic mass is 10.0. The van der Waals surface area contributed by atoms with E-state index in [4.69, 9.17) is 9.47 Å². The summed E-state index contributed by atoms with van der Waals surface area (Å²) in [5.74, 6) is 1.58. The fraction of sp³-hybridized carbons (Fsp3) is 0.167. The third-order valence-electron chi connectivity index (χ3n) is 4.31. The monoisotopic (exact) mass is 305 g/mol. The number of benzene rings is 2. The summed E-state index contributed by atoms with van der Waals surface area (Å²) in [6.45, 7) is 2.30. The molecule has 0 saturated carbocycles. The largest absolute Gasteiger partial charge is 0.454 e. The van der Waals surface area contributed by atoms with E-state index in [0.29, 0.717) is 0 Å². The first kappa shape index (κ1) is 12.6. The minimum absolute atomic E-state index is 0.0666. The van der Waals surface area contributed by atoms with Crippen molar-refractivity contribution in [3.8, 4) is 22.8 Å². The predicted molar refractivity (Wildman–Crippen MR) is 86.7 cm³/mol. The van der Waals surface area contributed by atoms with Gasteiger partial charge in [-0.25, -0.2) is 4.68 Å². The molecule has 0 spiro atoms. The zero-order valence-electron chi connectivity index (χ0n) is 12.6. The maximum absolute atomic E-state index is 5.51. The first-order chi connectivity index (χ1) is 11.3. The number of aryl methyl sites for hydroxylation is 1. The molecule has 0 bridgehead atoms. The van der Waals surface area contributed by atoms with Crippen LogP contribution in [0.2, 0.25) is 0 Å². The average molecular weight is 305 g/mol. The number of anilines is 1. The van der Waals surface area contributed by atoms with Crippen LogP contribution >= 0.6 is 0 Å². The van der Waals surface area contributed by atoms with Crippen molar-refractivity contribution in [1.82, 2.24) is 9.78 Å². The van der Waals surface area contributed by atoms with Gasteiger partial charge in [0, 0.05) is 16.8 Å². The number of aromatic nitrogens is 2. The molecule has 23 heavy (non-hydrogen) atoms. The van der Waals surface area contributed by atoms with Gasteiger partial charge >= 0.3 is 0 Å². The van der Waals surface area contributed by atoms with Crippen LogP contribution < -0.4 is 14.8 Å². The van der Waals surface area contributed by atoms with E-state index < -0.39 is 0 Å². The van der Waals surface area contributed by atoms with Crippen molar-refractivity contribution in [2.45, 2.75) is 13.1 Å². The summed E-state index contributed by atoms with van der Waals surface area (Å²) in [6, 6.07) is 16.5. The summed E-state index contributed by atoms with van der Waals surface area (Å²) in [4.78, 5) is 0. The number of ether oxygens (including phenoxy) is 2. The molecule has 3 aromatic rings. The van der Waals surface area contributed by atoms with Gasteiger partial charge in [0.05, 0.1) is 11.4 Å². The maximum atomic E-state index is 5.51. The highest BCUT2D eigenvalue weighted by Crippen LogP contribution is 2.41. The molecule has 0 fully saturated rings. The van der Waals surface area contributed by atoms with Crippen LogP contribution in [0, 0.1) is 6.92 Å². The van der Waals surface area contributed by atoms with Gasteiger partial charge in [-0.3, -0.25) is 0 Å². The van der Waals surface area contributed by atoms with Gasteiger partial charge in [0.25, 0.3) is 0 Å². The zero-order chi connectivity index (χ0) is 15.4. The molecule has 2 aromatic carbocycles. The van der Waals surface area contributed by atoms with E-state index in [-0.39, 0.29) is 13.0 Å². The van der Waals surface area contributed by atoms with E-state index in [1.807, 2.05) is 35.9 Å². The molecule has 1 N–H and O–H groups in total. The van der Waals surface area contributed by atoms with Gasteiger partial charge in [0.2, 0.25) is 6.79 Å². The highest BCUT2D eigenvalue weighted by Gasteiger charge is 2.27. The molecule has 2 aliphatic heterocycles. The number of hydrogen-bond donors (Lipinski definition) is 1. The summed E-state index contributed by atoms with van der Waals surface area (Å²) in [5, 5.41) is 8.26. The molecule has 5 heteroatoms. The highest BCUT2D eigenvalue weighted by atomic mass is 16.7. The normalized spacial score (nSPS) is 17.3. The second kappa shape index (κ2) is 4.52. The van der Waals surface area contributed by atoms with E-state index in [1.54, 1.807) is 0 Å². The van der Waals surface area contributed by atoms with Gasteiger partial charge in [-0.05, 0) is 31.2 Å². The molecule has 2 aliphatic rings. The standard InChI is InChI=1S/C18H15N3O2/c1-11-8-15-13-4-2-3-5-14(13)19-18(21(15)20-11)12-6-7-16-17(9-12)23-10-22-16/h2-9,18-19H,10H2,1H3/t18-/m0/s1. The molecule has 1 atom stereocenters. The molecular formula is C18H15N3O2. The number of hydrogen-bond acceptors (Lipinski definition) is 4. The Kier molecular flexibility index (Phi) is 2.47. The second-order valence-electron chi connectivity index (χ2n) is 5.82. The van der Waals surface area contributed by atoms with Crippen LogP contribution in [0.5, 0.6) is 11.5 Å². The number of nitrogens with zero attached hydrogens (tertiary/aromatic N) is 2. The average Bonchev–Trinajstić information content (AvgIpc) is 3.19. The third-order valence-corrected chi connectivity index (χ3v) is 4.31. The number of nitrogens with one attached hydrogen (secondary N) is 1. The van der Waals surface area contributed by atoms with Crippen molar-refractivity contribution in [3.63, 3.8) is 0 Å². The van der Waals surface area contributed by atoms with Gasteiger partial charge in [0.1, 0.15) is 6.17 Å². The van der Waals surface area contributed by atoms with Crippen LogP contribution in [0.3, 0.4) is 0 Å². The molecule has 0 unspecified atom stereocenters. The van der Waals surface area contributed by atoms with Crippen LogP contribution in [0.25, 0.3) is 11.3 Å². The minimum atomic E-state index is -0.0666. The minimum Gasteiger partial charge on any atom is -0.454 e. The van der Waals surface area contributed by atoms with E-state index in [2.05, 4.69) is 34.7 Å². The summed E-state index contributed by atoms with van der Waals surface area (Å²) < 4.78 is 13.0. The van der Waals surface area contributed by atoms with Crippen LogP contribution in [-0.2, 0) is 0 Å². The Morgan fingerprint density at radius 2 is 1.96 bits per heavy atom. The van der Waals surface area contributed by atoms with Crippen molar-refractivity contribution in [2.24, 2.45) is 0 Å². The van der Waals surface area contributed by atoms with E-state index in [1.165, 1.54) is 5.56 Å². The molecule has 0 aliphatic carbocycles. The van der Waals surface area contributed by atoms with Crippen molar-refractivity contribution in [2.75, 3.05) is 12.1 Å². The first-order valence-corrected chi connectivity index (χ1v) is 7.61. The molecule has 114 valence electrons. The van der Waals surface area contributed by atoms with Crippen molar-refractivity contribution < 1.29 is 9.47 Å². The third kappa shape index (κ3) is 1.83. The topological polar surface area (TPSA) is 48.3 Å². The van der Waals surface area contributed by atoms with E-state index in [9.17, 15) is 0 Å². The Hall–Kier alpha value is -2.95. The lowest BCUT2D eigenvalue weighted by Crippen LogP contribution is -2.25. The predicted octanol–water partition coefficient (Wildman–Crippen LogP) is 3.56. The van der Waals surface area contributed by atoms with E-state index >= 15 is 0 Å². The summed E-state index contributed by atoms with van der Waals surface area (Å²) in [5.41, 5.74) is 5.50. The van der Waals surface area contributed by atoms with Crippen molar-refractivity contribution >= 4 is 5.69 Å². The van der Waals surface area contributed by atoms with Crippen LogP contribution in [0.1, 0.15) is 17.4 Å². The number of rotatable bonds is 1. The Bertz CT molecular complexity index is 916. The molecule has 0 radical (unpaired) electrons. The molecule has 5 nitrogen and oxygen atoms in total. The molecule has 1 aromatic heterocycles.